The van der Waals surface area contributed by atoms with Crippen LogP contribution in [0.2, 0.25) is 0 Å². The third-order valence-corrected chi connectivity index (χ3v) is 9.48. The summed E-state index contributed by atoms with van der Waals surface area (Å²) in [6.45, 7) is 1.73. The van der Waals surface area contributed by atoms with Crippen molar-refractivity contribution in [1.82, 2.24) is 4.98 Å². The maximum absolute atomic E-state index is 13.8. The molecule has 6 rings (SSSR count). The van der Waals surface area contributed by atoms with Crippen molar-refractivity contribution in [2.24, 2.45) is 5.92 Å². The number of carbonyl (C=O) groups is 3. The Morgan fingerprint density at radius 2 is 1.73 bits per heavy atom. The van der Waals surface area contributed by atoms with Gasteiger partial charge in [0.25, 0.3) is 5.91 Å². The molecule has 0 spiro atoms. The van der Waals surface area contributed by atoms with Crippen LogP contribution in [0.25, 0.3) is 0 Å². The van der Waals surface area contributed by atoms with E-state index in [1.54, 1.807) is 42.5 Å². The number of carbonyl (C=O) groups excluding carboxylic acids is 3. The van der Waals surface area contributed by atoms with Crippen LogP contribution in [0.15, 0.2) is 82.6 Å². The molecule has 2 aliphatic heterocycles. The first-order chi connectivity index (χ1) is 19.8. The van der Waals surface area contributed by atoms with Gasteiger partial charge in [0.05, 0.1) is 23.7 Å². The van der Waals surface area contributed by atoms with Crippen molar-refractivity contribution in [2.75, 3.05) is 23.9 Å². The van der Waals surface area contributed by atoms with Gasteiger partial charge in [-0.2, -0.15) is 0 Å². The summed E-state index contributed by atoms with van der Waals surface area (Å²) in [5, 5.41) is 2.69. The number of aromatic amines is 1. The summed E-state index contributed by atoms with van der Waals surface area (Å²) >= 11 is 2.26. The van der Waals surface area contributed by atoms with E-state index in [1.165, 1.54) is 23.8 Å². The van der Waals surface area contributed by atoms with Gasteiger partial charge in [0.1, 0.15) is 5.25 Å². The molecule has 1 saturated heterocycles. The van der Waals surface area contributed by atoms with Gasteiger partial charge in [-0.3, -0.25) is 19.2 Å². The molecule has 0 aliphatic carbocycles. The van der Waals surface area contributed by atoms with Crippen LogP contribution in [0.5, 0.6) is 11.5 Å². The van der Waals surface area contributed by atoms with E-state index in [9.17, 15) is 19.2 Å². The standard InChI is InChI=1S/C30H25N3O6S2/c1-16-8-11-18(12-9-16)31-22(34)15-39-20-13-10-17(14-21(20)38-2)23-24-26(40-27-25(23)41-30(37)32-27)29(36)33(28(24)35)19-6-4-3-5-7-19/h3-14,23-24,26H,15H2,1-2H3,(H,31,34)(H,32,37)/t23-,24-,26+/m0/s1. The van der Waals surface area contributed by atoms with E-state index >= 15 is 0 Å². The third kappa shape index (κ3) is 5.02. The zero-order valence-electron chi connectivity index (χ0n) is 22.1. The van der Waals surface area contributed by atoms with E-state index in [0.717, 1.165) is 16.9 Å². The average Bonchev–Trinajstić information content (AvgIpc) is 3.47. The Hall–Kier alpha value is -4.35. The quantitative estimate of drug-likeness (QED) is 0.304. The van der Waals surface area contributed by atoms with E-state index in [4.69, 9.17) is 9.47 Å². The maximum atomic E-state index is 13.8. The highest BCUT2D eigenvalue weighted by molar-refractivity contribution is 8.00. The summed E-state index contributed by atoms with van der Waals surface area (Å²) in [4.78, 5) is 56.7. The molecular weight excluding hydrogens is 562 g/mol. The number of nitrogens with one attached hydrogen (secondary N) is 2. The molecule has 41 heavy (non-hydrogen) atoms. The average molecular weight is 588 g/mol. The topological polar surface area (TPSA) is 118 Å². The molecule has 0 bridgehead atoms. The van der Waals surface area contributed by atoms with Crippen LogP contribution < -0.4 is 24.6 Å². The van der Waals surface area contributed by atoms with Gasteiger partial charge < -0.3 is 19.8 Å². The molecule has 9 nitrogen and oxygen atoms in total. The Kier molecular flexibility index (Phi) is 7.14. The van der Waals surface area contributed by atoms with E-state index in [-0.39, 0.29) is 29.2 Å². The number of hydrogen-bond acceptors (Lipinski definition) is 8. The zero-order chi connectivity index (χ0) is 28.7. The summed E-state index contributed by atoms with van der Waals surface area (Å²) in [7, 11) is 1.49. The highest BCUT2D eigenvalue weighted by Gasteiger charge is 2.56. The maximum Gasteiger partial charge on any atom is 0.305 e. The number of anilines is 2. The van der Waals surface area contributed by atoms with E-state index in [2.05, 4.69) is 10.3 Å². The fourth-order valence-electron chi connectivity index (χ4n) is 5.18. The van der Waals surface area contributed by atoms with Crippen molar-refractivity contribution in [3.8, 4) is 11.5 Å². The Morgan fingerprint density at radius 1 is 0.976 bits per heavy atom. The Labute approximate surface area is 243 Å². The second-order valence-electron chi connectivity index (χ2n) is 9.71. The first-order valence-corrected chi connectivity index (χ1v) is 14.5. The number of aryl methyl sites for hydroxylation is 1. The molecule has 1 fully saturated rings. The molecule has 1 aromatic heterocycles. The van der Waals surface area contributed by atoms with Gasteiger partial charge in [0, 0.05) is 16.5 Å². The van der Waals surface area contributed by atoms with Crippen LogP contribution >= 0.6 is 23.1 Å². The summed E-state index contributed by atoms with van der Waals surface area (Å²) in [5.41, 5.74) is 2.96. The largest absolute Gasteiger partial charge is 0.493 e. The smallest absolute Gasteiger partial charge is 0.305 e. The lowest BCUT2D eigenvalue weighted by Crippen LogP contribution is -2.32. The predicted molar refractivity (Wildman–Crippen MR) is 157 cm³/mol. The number of fused-ring (bicyclic) bond motifs is 2. The Bertz CT molecular complexity index is 1700. The fourth-order valence-corrected chi connectivity index (χ4v) is 7.70. The molecule has 4 aromatic rings. The van der Waals surface area contributed by atoms with E-state index in [0.29, 0.717) is 38.3 Å². The number of aromatic nitrogens is 1. The van der Waals surface area contributed by atoms with Gasteiger partial charge in [0.2, 0.25) is 11.8 Å². The van der Waals surface area contributed by atoms with Gasteiger partial charge in [-0.25, -0.2) is 4.90 Å². The number of H-pyrrole nitrogens is 1. The first-order valence-electron chi connectivity index (χ1n) is 12.8. The number of rotatable bonds is 7. The molecule has 0 unspecified atom stereocenters. The van der Waals surface area contributed by atoms with Gasteiger partial charge in [-0.1, -0.05) is 65.1 Å². The summed E-state index contributed by atoms with van der Waals surface area (Å²) in [6.07, 6.45) is 0. The van der Waals surface area contributed by atoms with Gasteiger partial charge >= 0.3 is 4.87 Å². The van der Waals surface area contributed by atoms with Gasteiger partial charge in [-0.15, -0.1) is 0 Å². The Balaban J connectivity index is 1.29. The fraction of sp³-hybridized carbons (Fsp3) is 0.200. The molecule has 3 atom stereocenters. The van der Waals surface area contributed by atoms with Crippen molar-refractivity contribution in [1.29, 1.82) is 0 Å². The second-order valence-corrected chi connectivity index (χ2v) is 11.9. The number of para-hydroxylation sites is 1. The molecule has 0 saturated carbocycles. The SMILES string of the molecule is COc1cc([C@@H]2c3sc(=O)[nH]c3S[C@H]3C(=O)N(c4ccccc4)C(=O)[C@@H]23)ccc1OCC(=O)Nc1ccc(C)cc1. The number of benzene rings is 3. The first kappa shape index (κ1) is 26.9. The van der Waals surface area contributed by atoms with Crippen LogP contribution in [-0.4, -0.2) is 41.7 Å². The summed E-state index contributed by atoms with van der Waals surface area (Å²) in [5.74, 6) is -1.53. The molecule has 3 heterocycles. The molecule has 0 radical (unpaired) electrons. The number of thioether (sulfide) groups is 1. The number of imide groups is 1. The van der Waals surface area contributed by atoms with Crippen LogP contribution in [0.1, 0.15) is 21.9 Å². The molecule has 2 aliphatic rings. The number of ether oxygens (including phenoxy) is 2. The molecule has 11 heteroatoms. The number of thiazole rings is 1. The minimum atomic E-state index is -0.719. The van der Waals surface area contributed by atoms with Crippen molar-refractivity contribution in [2.45, 2.75) is 23.1 Å². The third-order valence-electron chi connectivity index (χ3n) is 7.08. The van der Waals surface area contributed by atoms with Gasteiger partial charge in [0.15, 0.2) is 18.1 Å². The lowest BCUT2D eigenvalue weighted by molar-refractivity contribution is -0.122. The number of methoxy groups -OCH3 is 1. The second kappa shape index (κ2) is 10.9. The number of nitrogens with zero attached hydrogens (tertiary/aromatic N) is 1. The zero-order valence-corrected chi connectivity index (χ0v) is 23.7. The highest BCUT2D eigenvalue weighted by Crippen LogP contribution is 2.53. The van der Waals surface area contributed by atoms with Crippen molar-refractivity contribution < 1.29 is 23.9 Å². The lowest BCUT2D eigenvalue weighted by Gasteiger charge is -2.30. The summed E-state index contributed by atoms with van der Waals surface area (Å²) < 4.78 is 11.4. The van der Waals surface area contributed by atoms with Crippen LogP contribution in [0.3, 0.4) is 0 Å². The lowest BCUT2D eigenvalue weighted by atomic mass is 9.83. The highest BCUT2D eigenvalue weighted by atomic mass is 32.2. The van der Waals surface area contributed by atoms with Crippen molar-refractivity contribution in [3.63, 3.8) is 0 Å². The monoisotopic (exact) mass is 587 g/mol. The molecule has 3 amide bonds. The van der Waals surface area contributed by atoms with E-state index < -0.39 is 17.1 Å². The Morgan fingerprint density at radius 3 is 2.46 bits per heavy atom. The molecular formula is C30H25N3O6S2. The predicted octanol–water partition coefficient (Wildman–Crippen LogP) is 4.57. The van der Waals surface area contributed by atoms with Crippen LogP contribution in [0.4, 0.5) is 11.4 Å². The number of amides is 3. The minimum absolute atomic E-state index is 0.239. The molecule has 3 aromatic carbocycles. The molecule has 2 N–H and O–H groups in total. The molecule has 208 valence electrons. The van der Waals surface area contributed by atoms with Crippen molar-refractivity contribution >= 4 is 52.2 Å². The van der Waals surface area contributed by atoms with E-state index in [1.807, 2.05) is 37.3 Å². The normalized spacial score (nSPS) is 19.5. The van der Waals surface area contributed by atoms with Crippen molar-refractivity contribution in [3.05, 3.63) is 98.5 Å². The van der Waals surface area contributed by atoms with Crippen LogP contribution in [-0.2, 0) is 14.4 Å². The minimum Gasteiger partial charge on any atom is -0.493 e. The summed E-state index contributed by atoms with van der Waals surface area (Å²) in [6, 6.07) is 21.5. The number of hydrogen-bond donors (Lipinski definition) is 2. The van der Waals surface area contributed by atoms with Crippen LogP contribution in [0, 0.1) is 12.8 Å². The van der Waals surface area contributed by atoms with Gasteiger partial charge in [-0.05, 0) is 48.9 Å².